The summed E-state index contributed by atoms with van der Waals surface area (Å²) < 4.78 is 5.57. The number of methoxy groups -OCH3 is 1. The van der Waals surface area contributed by atoms with Crippen molar-refractivity contribution in [3.05, 3.63) is 35.9 Å². The van der Waals surface area contributed by atoms with Crippen LogP contribution >= 0.6 is 12.4 Å². The zero-order valence-electron chi connectivity index (χ0n) is 14.4. The molecule has 0 radical (unpaired) electrons. The topological polar surface area (TPSA) is 50.4 Å². The molecule has 0 aromatic heterocycles. The summed E-state index contributed by atoms with van der Waals surface area (Å²) in [5.74, 6) is 0.0256. The lowest BCUT2D eigenvalue weighted by molar-refractivity contribution is -0.147. The lowest BCUT2D eigenvalue weighted by Gasteiger charge is -2.36. The van der Waals surface area contributed by atoms with E-state index in [-0.39, 0.29) is 23.7 Å². The number of benzene rings is 1. The van der Waals surface area contributed by atoms with E-state index in [4.69, 9.17) is 4.74 Å². The molecule has 1 heterocycles. The van der Waals surface area contributed by atoms with Crippen LogP contribution in [0.15, 0.2) is 30.3 Å². The zero-order chi connectivity index (χ0) is 16.1. The summed E-state index contributed by atoms with van der Waals surface area (Å²) in [5.41, 5.74) is 0.650. The summed E-state index contributed by atoms with van der Waals surface area (Å²) in [6.45, 7) is 6.67. The molecule has 1 amide bonds. The Morgan fingerprint density at radius 2 is 1.87 bits per heavy atom. The van der Waals surface area contributed by atoms with Crippen LogP contribution in [-0.2, 0) is 16.0 Å². The molecule has 1 aromatic carbocycles. The zero-order valence-corrected chi connectivity index (χ0v) is 15.2. The molecular weight excluding hydrogens is 312 g/mol. The van der Waals surface area contributed by atoms with Crippen LogP contribution in [0.25, 0.3) is 0 Å². The van der Waals surface area contributed by atoms with Crippen molar-refractivity contribution in [3.8, 4) is 0 Å². The summed E-state index contributed by atoms with van der Waals surface area (Å²) in [7, 11) is 1.64. The van der Waals surface area contributed by atoms with Crippen LogP contribution in [0.4, 0.5) is 0 Å². The van der Waals surface area contributed by atoms with Gasteiger partial charge in [0.05, 0.1) is 0 Å². The molecular formula is C18H29ClN2O2. The first-order valence-electron chi connectivity index (χ1n) is 8.06. The van der Waals surface area contributed by atoms with Crippen LogP contribution in [0.5, 0.6) is 0 Å². The number of ether oxygens (including phenoxy) is 1. The molecule has 1 aromatic rings. The van der Waals surface area contributed by atoms with Gasteiger partial charge in [0.15, 0.2) is 0 Å². The second-order valence-corrected chi connectivity index (χ2v) is 6.96. The average Bonchev–Trinajstić information content (AvgIpc) is 2.54. The van der Waals surface area contributed by atoms with Crippen molar-refractivity contribution in [1.82, 2.24) is 10.6 Å². The monoisotopic (exact) mass is 340 g/mol. The van der Waals surface area contributed by atoms with Gasteiger partial charge in [-0.25, -0.2) is 0 Å². The maximum absolute atomic E-state index is 12.6. The summed E-state index contributed by atoms with van der Waals surface area (Å²) in [4.78, 5) is 12.6. The molecule has 0 aliphatic carbocycles. The van der Waals surface area contributed by atoms with Crippen molar-refractivity contribution in [3.63, 3.8) is 0 Å². The number of amides is 1. The molecule has 0 unspecified atom stereocenters. The Kier molecular flexibility index (Phi) is 7.52. The molecule has 2 rings (SSSR count). The van der Waals surface area contributed by atoms with Crippen molar-refractivity contribution < 1.29 is 9.53 Å². The molecule has 4 nitrogen and oxygen atoms in total. The highest BCUT2D eigenvalue weighted by molar-refractivity contribution is 5.85. The summed E-state index contributed by atoms with van der Waals surface area (Å²) >= 11 is 0. The number of hydrogen-bond acceptors (Lipinski definition) is 3. The minimum absolute atomic E-state index is 0. The molecule has 1 saturated heterocycles. The summed E-state index contributed by atoms with van der Waals surface area (Å²) in [6, 6.07) is 10.4. The fraction of sp³-hybridized carbons (Fsp3) is 0.611. The molecule has 0 saturated carbocycles. The van der Waals surface area contributed by atoms with Gasteiger partial charge in [0.1, 0.15) is 5.60 Å². The van der Waals surface area contributed by atoms with Gasteiger partial charge in [-0.05, 0) is 43.3 Å². The summed E-state index contributed by atoms with van der Waals surface area (Å²) in [6.07, 6.45) is 2.40. The van der Waals surface area contributed by atoms with E-state index in [0.29, 0.717) is 6.54 Å². The molecule has 0 spiro atoms. The number of rotatable bonds is 6. The van der Waals surface area contributed by atoms with Crippen LogP contribution < -0.4 is 10.6 Å². The number of carbonyl (C=O) groups is 1. The van der Waals surface area contributed by atoms with Crippen LogP contribution in [0, 0.1) is 5.41 Å². The standard InChI is InChI=1S/C18H28N2O2.ClH/c1-17(2,13-15-7-5-4-6-8-15)14-20-16(21)18(22-3)9-11-19-12-10-18;/h4-8,19H,9-14H2,1-3H3,(H,20,21);1H. The Labute approximate surface area is 145 Å². The van der Waals surface area contributed by atoms with E-state index in [1.54, 1.807) is 7.11 Å². The number of carbonyl (C=O) groups excluding carboxylic acids is 1. The molecule has 0 atom stereocenters. The maximum atomic E-state index is 12.6. The molecule has 1 aliphatic heterocycles. The lowest BCUT2D eigenvalue weighted by atomic mass is 9.85. The van der Waals surface area contributed by atoms with Crippen LogP contribution in [-0.4, -0.2) is 38.3 Å². The quantitative estimate of drug-likeness (QED) is 0.836. The van der Waals surface area contributed by atoms with Crippen molar-refractivity contribution in [2.45, 2.75) is 38.7 Å². The lowest BCUT2D eigenvalue weighted by Crippen LogP contribution is -2.55. The van der Waals surface area contributed by atoms with Gasteiger partial charge in [0.25, 0.3) is 5.91 Å². The van der Waals surface area contributed by atoms with E-state index in [9.17, 15) is 4.79 Å². The second kappa shape index (κ2) is 8.67. The summed E-state index contributed by atoms with van der Waals surface area (Å²) in [5, 5.41) is 6.39. The Morgan fingerprint density at radius 1 is 1.26 bits per heavy atom. The Morgan fingerprint density at radius 3 is 2.43 bits per heavy atom. The van der Waals surface area contributed by atoms with Gasteiger partial charge in [-0.3, -0.25) is 4.79 Å². The average molecular weight is 341 g/mol. The van der Waals surface area contributed by atoms with E-state index in [1.807, 2.05) is 6.07 Å². The molecule has 130 valence electrons. The van der Waals surface area contributed by atoms with Gasteiger partial charge in [-0.1, -0.05) is 44.2 Å². The molecule has 1 fully saturated rings. The minimum Gasteiger partial charge on any atom is -0.368 e. The van der Waals surface area contributed by atoms with Crippen molar-refractivity contribution in [1.29, 1.82) is 0 Å². The number of hydrogen-bond donors (Lipinski definition) is 2. The van der Waals surface area contributed by atoms with Crippen molar-refractivity contribution >= 4 is 18.3 Å². The minimum atomic E-state index is -0.659. The third-order valence-electron chi connectivity index (χ3n) is 4.47. The molecule has 23 heavy (non-hydrogen) atoms. The van der Waals surface area contributed by atoms with Gasteiger partial charge in [0, 0.05) is 13.7 Å². The van der Waals surface area contributed by atoms with Gasteiger partial charge in [-0.2, -0.15) is 0 Å². The molecule has 5 heteroatoms. The highest BCUT2D eigenvalue weighted by Gasteiger charge is 2.40. The second-order valence-electron chi connectivity index (χ2n) is 6.96. The van der Waals surface area contributed by atoms with Crippen molar-refractivity contribution in [2.75, 3.05) is 26.7 Å². The van der Waals surface area contributed by atoms with Gasteiger partial charge in [0.2, 0.25) is 0 Å². The highest BCUT2D eigenvalue weighted by atomic mass is 35.5. The van der Waals surface area contributed by atoms with E-state index in [1.165, 1.54) is 5.56 Å². The Hall–Kier alpha value is -1.10. The first-order chi connectivity index (χ1) is 10.5. The first kappa shape index (κ1) is 19.9. The SMILES string of the molecule is COC1(C(=O)NCC(C)(C)Cc2ccccc2)CCNCC1.Cl. The third kappa shape index (κ3) is 5.48. The Balaban J connectivity index is 0.00000264. The number of piperidine rings is 1. The largest absolute Gasteiger partial charge is 0.368 e. The predicted molar refractivity (Wildman–Crippen MR) is 96.0 cm³/mol. The Bertz CT molecular complexity index is 485. The smallest absolute Gasteiger partial charge is 0.252 e. The van der Waals surface area contributed by atoms with Crippen LogP contribution in [0.3, 0.4) is 0 Å². The highest BCUT2D eigenvalue weighted by Crippen LogP contribution is 2.24. The van der Waals surface area contributed by atoms with Crippen LogP contribution in [0.2, 0.25) is 0 Å². The van der Waals surface area contributed by atoms with E-state index in [0.717, 1.165) is 32.4 Å². The van der Waals surface area contributed by atoms with E-state index in [2.05, 4.69) is 48.7 Å². The van der Waals surface area contributed by atoms with Gasteiger partial charge in [-0.15, -0.1) is 12.4 Å². The predicted octanol–water partition coefficient (Wildman–Crippen LogP) is 2.56. The van der Waals surface area contributed by atoms with E-state index < -0.39 is 5.60 Å². The fourth-order valence-electron chi connectivity index (χ4n) is 3.05. The number of nitrogens with one attached hydrogen (secondary N) is 2. The number of halogens is 1. The normalized spacial score (nSPS) is 17.2. The van der Waals surface area contributed by atoms with E-state index >= 15 is 0 Å². The molecule has 1 aliphatic rings. The maximum Gasteiger partial charge on any atom is 0.252 e. The van der Waals surface area contributed by atoms with Gasteiger partial charge < -0.3 is 15.4 Å². The molecule has 2 N–H and O–H groups in total. The van der Waals surface area contributed by atoms with Gasteiger partial charge >= 0.3 is 0 Å². The molecule has 0 bridgehead atoms. The third-order valence-corrected chi connectivity index (χ3v) is 4.47. The van der Waals surface area contributed by atoms with Crippen molar-refractivity contribution in [2.24, 2.45) is 5.41 Å². The first-order valence-corrected chi connectivity index (χ1v) is 8.06. The fourth-order valence-corrected chi connectivity index (χ4v) is 3.05. The van der Waals surface area contributed by atoms with Crippen LogP contribution in [0.1, 0.15) is 32.3 Å².